The van der Waals surface area contributed by atoms with Gasteiger partial charge in [0, 0.05) is 12.7 Å². The van der Waals surface area contributed by atoms with Crippen LogP contribution in [0, 0.1) is 7.14 Å². The summed E-state index contributed by atoms with van der Waals surface area (Å²) in [4.78, 5) is 0. The van der Waals surface area contributed by atoms with Crippen LogP contribution in [-0.2, 0) is 11.2 Å². The molecular formula is C28H36IO4Si+. The number of rotatable bonds is 11. The van der Waals surface area contributed by atoms with E-state index in [1.165, 1.54) is 23.5 Å². The molecule has 34 heavy (non-hydrogen) atoms. The van der Waals surface area contributed by atoms with Crippen molar-refractivity contribution in [2.75, 3.05) is 28.4 Å². The summed E-state index contributed by atoms with van der Waals surface area (Å²) < 4.78 is 25.9. The maximum Gasteiger partial charge on any atom is 0.362 e. The molecule has 0 aliphatic rings. The third-order valence-electron chi connectivity index (χ3n) is 5.86. The Morgan fingerprint density at radius 1 is 0.794 bits per heavy atom. The lowest BCUT2D eigenvalue weighted by molar-refractivity contribution is -0.599. The van der Waals surface area contributed by atoms with Crippen molar-refractivity contribution in [3.8, 4) is 17.2 Å². The van der Waals surface area contributed by atoms with E-state index in [1.807, 2.05) is 7.11 Å². The topological polar surface area (TPSA) is 36.9 Å². The molecule has 0 saturated carbocycles. The van der Waals surface area contributed by atoms with Crippen molar-refractivity contribution < 1.29 is 40.2 Å². The molecule has 3 rings (SSSR count). The molecular weight excluding hydrogens is 555 g/mol. The highest BCUT2D eigenvalue weighted by atomic mass is 127. The van der Waals surface area contributed by atoms with Gasteiger partial charge in [0.1, 0.15) is 0 Å². The lowest BCUT2D eigenvalue weighted by atomic mass is 10.0. The Labute approximate surface area is 215 Å². The molecule has 1 atom stereocenters. The van der Waals surface area contributed by atoms with E-state index in [1.54, 1.807) is 21.3 Å². The van der Waals surface area contributed by atoms with Crippen LogP contribution >= 0.6 is 0 Å². The first kappa shape index (κ1) is 26.6. The van der Waals surface area contributed by atoms with Crippen LogP contribution in [0.1, 0.15) is 23.7 Å². The number of aryl methyl sites for hydroxylation is 1. The number of ether oxygens (including phenoxy) is 4. The predicted molar refractivity (Wildman–Crippen MR) is 137 cm³/mol. The van der Waals surface area contributed by atoms with Crippen LogP contribution in [0.25, 0.3) is 0 Å². The van der Waals surface area contributed by atoms with Crippen LogP contribution in [0.3, 0.4) is 0 Å². The fourth-order valence-electron chi connectivity index (χ4n) is 4.19. The van der Waals surface area contributed by atoms with Crippen LogP contribution in [0.5, 0.6) is 17.2 Å². The van der Waals surface area contributed by atoms with Gasteiger partial charge < -0.3 is 18.9 Å². The minimum Gasteiger partial charge on any atom is -0.493 e. The molecule has 0 spiro atoms. The van der Waals surface area contributed by atoms with E-state index in [0.29, 0.717) is 11.5 Å². The van der Waals surface area contributed by atoms with Crippen molar-refractivity contribution in [3.05, 3.63) is 78.9 Å². The Hall–Kier alpha value is -2.03. The second kappa shape index (κ2) is 12.1. The highest BCUT2D eigenvalue weighted by Gasteiger charge is 2.32. The van der Waals surface area contributed by atoms with Crippen molar-refractivity contribution in [2.24, 2.45) is 0 Å². The number of methoxy groups -OCH3 is 4. The van der Waals surface area contributed by atoms with Crippen LogP contribution in [0.15, 0.2) is 60.7 Å². The Bertz CT molecular complexity index is 1080. The normalized spacial score (nSPS) is 12.3. The standard InChI is InChI=1S/C28H36IO4Si/c1-30-23(22-15-11-12-16-25(22)34(5,6)7)18-17-20-19-24(31-2)27(32-3)28(33-4)26(20)29-21-13-9-8-10-14-21/h8-16,19,23H,17-18H2,1-7H3/q+1. The monoisotopic (exact) mass is 591 g/mol. The molecule has 3 aromatic rings. The van der Waals surface area contributed by atoms with Crippen molar-refractivity contribution in [2.45, 2.75) is 38.6 Å². The highest BCUT2D eigenvalue weighted by Crippen LogP contribution is 2.39. The molecule has 3 aromatic carbocycles. The molecule has 182 valence electrons. The zero-order chi connectivity index (χ0) is 24.7. The molecule has 0 aliphatic heterocycles. The van der Waals surface area contributed by atoms with Gasteiger partial charge in [-0.2, -0.15) is 0 Å². The molecule has 1 unspecified atom stereocenters. The molecule has 0 aliphatic carbocycles. The number of benzene rings is 3. The van der Waals surface area contributed by atoms with Gasteiger partial charge in [0.15, 0.2) is 9.32 Å². The highest BCUT2D eigenvalue weighted by molar-refractivity contribution is 6.89. The SMILES string of the molecule is COc1cc(CCC(OC)c2ccccc2[Si](C)(C)C)c([I+]c2ccccc2)c(OC)c1OC. The molecule has 4 nitrogen and oxygen atoms in total. The Balaban J connectivity index is 2.02. The van der Waals surface area contributed by atoms with Crippen molar-refractivity contribution in [1.82, 2.24) is 0 Å². The molecule has 0 saturated heterocycles. The first-order valence-corrected chi connectivity index (χ1v) is 17.1. The lowest BCUT2D eigenvalue weighted by Gasteiger charge is -2.26. The van der Waals surface area contributed by atoms with Crippen LogP contribution in [0.4, 0.5) is 0 Å². The third-order valence-corrected chi connectivity index (χ3v) is 11.0. The Morgan fingerprint density at radius 3 is 2.03 bits per heavy atom. The zero-order valence-electron chi connectivity index (χ0n) is 21.3. The molecule has 0 N–H and O–H groups in total. The number of hydrogen-bond acceptors (Lipinski definition) is 4. The van der Waals surface area contributed by atoms with Crippen molar-refractivity contribution in [3.63, 3.8) is 0 Å². The number of halogens is 1. The third kappa shape index (κ3) is 6.15. The summed E-state index contributed by atoms with van der Waals surface area (Å²) in [6.45, 7) is 7.17. The maximum absolute atomic E-state index is 6.05. The molecule has 0 radical (unpaired) electrons. The first-order valence-electron chi connectivity index (χ1n) is 11.5. The van der Waals surface area contributed by atoms with Crippen LogP contribution in [0.2, 0.25) is 19.6 Å². The van der Waals surface area contributed by atoms with Gasteiger partial charge in [0.05, 0.1) is 35.5 Å². The fourth-order valence-corrected chi connectivity index (χ4v) is 8.78. The minimum atomic E-state index is -1.50. The second-order valence-electron chi connectivity index (χ2n) is 9.11. The van der Waals surface area contributed by atoms with Gasteiger partial charge in [-0.25, -0.2) is 0 Å². The average molecular weight is 592 g/mol. The predicted octanol–water partition coefficient (Wildman–Crippen LogP) is 2.71. The summed E-state index contributed by atoms with van der Waals surface area (Å²) in [5.74, 6) is 2.14. The van der Waals surface area contributed by atoms with E-state index >= 15 is 0 Å². The largest absolute Gasteiger partial charge is 0.493 e. The quantitative estimate of drug-likeness (QED) is 0.254. The molecule has 0 heterocycles. The van der Waals surface area contributed by atoms with Gasteiger partial charge in [-0.05, 0) is 36.6 Å². The molecule has 0 amide bonds. The van der Waals surface area contributed by atoms with E-state index in [9.17, 15) is 0 Å². The molecule has 0 bridgehead atoms. The molecule has 6 heteroatoms. The van der Waals surface area contributed by atoms with E-state index in [4.69, 9.17) is 18.9 Å². The Kier molecular flexibility index (Phi) is 9.45. The van der Waals surface area contributed by atoms with E-state index in [-0.39, 0.29) is 6.10 Å². The molecule has 0 fully saturated rings. The van der Waals surface area contributed by atoms with E-state index in [0.717, 1.165) is 18.6 Å². The minimum absolute atomic E-state index is 0.0322. The summed E-state index contributed by atoms with van der Waals surface area (Å²) in [5, 5.41) is 1.46. The fraction of sp³-hybridized carbons (Fsp3) is 0.357. The van der Waals surface area contributed by atoms with E-state index in [2.05, 4.69) is 80.3 Å². The lowest BCUT2D eigenvalue weighted by Crippen LogP contribution is -3.61. The van der Waals surface area contributed by atoms with Gasteiger partial charge in [-0.15, -0.1) is 0 Å². The zero-order valence-corrected chi connectivity index (χ0v) is 24.4. The summed E-state index contributed by atoms with van der Waals surface area (Å²) >= 11 is -0.474. The van der Waals surface area contributed by atoms with Gasteiger partial charge in [-0.3, -0.25) is 0 Å². The van der Waals surface area contributed by atoms with Crippen LogP contribution < -0.4 is 40.6 Å². The smallest absolute Gasteiger partial charge is 0.362 e. The average Bonchev–Trinajstić information content (AvgIpc) is 2.84. The summed E-state index contributed by atoms with van der Waals surface area (Å²) in [5.41, 5.74) is 2.55. The summed E-state index contributed by atoms with van der Waals surface area (Å²) in [7, 11) is 5.37. The van der Waals surface area contributed by atoms with Gasteiger partial charge >= 0.3 is 21.2 Å². The summed E-state index contributed by atoms with van der Waals surface area (Å²) in [6, 6.07) is 21.5. The van der Waals surface area contributed by atoms with Crippen molar-refractivity contribution in [1.29, 1.82) is 0 Å². The van der Waals surface area contributed by atoms with Gasteiger partial charge in [0.2, 0.25) is 15.1 Å². The second-order valence-corrected chi connectivity index (χ2v) is 17.0. The Morgan fingerprint density at radius 2 is 1.44 bits per heavy atom. The maximum atomic E-state index is 6.05. The van der Waals surface area contributed by atoms with Crippen LogP contribution in [-0.4, -0.2) is 36.5 Å². The summed E-state index contributed by atoms with van der Waals surface area (Å²) in [6.07, 6.45) is 1.77. The molecule has 0 aromatic heterocycles. The van der Waals surface area contributed by atoms with E-state index < -0.39 is 29.3 Å². The first-order chi connectivity index (χ1) is 16.3. The van der Waals surface area contributed by atoms with Gasteiger partial charge in [0.25, 0.3) is 0 Å². The van der Waals surface area contributed by atoms with Crippen molar-refractivity contribution >= 4 is 13.3 Å². The van der Waals surface area contributed by atoms with Gasteiger partial charge in [-0.1, -0.05) is 67.3 Å². The number of hydrogen-bond donors (Lipinski definition) is 0.